The highest BCUT2D eigenvalue weighted by Crippen LogP contribution is 2.46. The van der Waals surface area contributed by atoms with Gasteiger partial charge >= 0.3 is 6.18 Å². The molecule has 0 saturated carbocycles. The van der Waals surface area contributed by atoms with E-state index in [-0.39, 0.29) is 22.4 Å². The van der Waals surface area contributed by atoms with Crippen LogP contribution in [-0.4, -0.2) is 21.9 Å². The van der Waals surface area contributed by atoms with Gasteiger partial charge in [0.25, 0.3) is 5.91 Å². The van der Waals surface area contributed by atoms with Crippen LogP contribution in [-0.2, 0) is 0 Å². The number of aromatic nitrogens is 2. The number of halogens is 5. The van der Waals surface area contributed by atoms with E-state index in [1.165, 1.54) is 11.3 Å². The van der Waals surface area contributed by atoms with Crippen LogP contribution in [0.25, 0.3) is 0 Å². The van der Waals surface area contributed by atoms with E-state index in [4.69, 9.17) is 11.6 Å². The molecule has 2 N–H and O–H groups in total. The summed E-state index contributed by atoms with van der Waals surface area (Å²) < 4.78 is 42.3. The van der Waals surface area contributed by atoms with Gasteiger partial charge in [-0.25, -0.2) is 4.68 Å². The third-order valence-corrected chi connectivity index (χ3v) is 6.49. The zero-order valence-corrected chi connectivity index (χ0v) is 17.7. The van der Waals surface area contributed by atoms with Crippen LogP contribution in [0.15, 0.2) is 46.3 Å². The maximum Gasteiger partial charge on any atom is 0.410 e. The summed E-state index contributed by atoms with van der Waals surface area (Å²) in [4.78, 5) is 13.4. The second-order valence-corrected chi connectivity index (χ2v) is 8.63. The van der Waals surface area contributed by atoms with Gasteiger partial charge in [-0.05, 0) is 51.6 Å². The number of nitrogens with zero attached hydrogens (tertiary/aromatic N) is 2. The van der Waals surface area contributed by atoms with Gasteiger partial charge in [0.1, 0.15) is 5.82 Å². The Labute approximate surface area is 181 Å². The van der Waals surface area contributed by atoms with Crippen molar-refractivity contribution in [3.05, 3.63) is 61.8 Å². The van der Waals surface area contributed by atoms with Crippen molar-refractivity contribution in [2.75, 3.05) is 10.6 Å². The van der Waals surface area contributed by atoms with Crippen molar-refractivity contribution in [3.63, 3.8) is 0 Å². The zero-order chi connectivity index (χ0) is 20.8. The summed E-state index contributed by atoms with van der Waals surface area (Å²) >= 11 is 10.5. The van der Waals surface area contributed by atoms with E-state index >= 15 is 0 Å². The number of hydrogen-bond acceptors (Lipinski definition) is 4. The van der Waals surface area contributed by atoms with Gasteiger partial charge in [-0.15, -0.1) is 11.3 Å². The van der Waals surface area contributed by atoms with Crippen molar-refractivity contribution in [1.82, 2.24) is 9.78 Å². The fourth-order valence-electron chi connectivity index (χ4n) is 3.13. The number of rotatable bonds is 3. The summed E-state index contributed by atoms with van der Waals surface area (Å²) in [5.74, 6) is -0.505. The van der Waals surface area contributed by atoms with Gasteiger partial charge in [0.15, 0.2) is 11.7 Å². The molecule has 0 fully saturated rings. The highest BCUT2D eigenvalue weighted by atomic mass is 79.9. The van der Waals surface area contributed by atoms with Gasteiger partial charge in [0, 0.05) is 22.0 Å². The number of carbonyl (C=O) groups is 1. The van der Waals surface area contributed by atoms with Crippen molar-refractivity contribution in [3.8, 4) is 0 Å². The Kier molecular flexibility index (Phi) is 5.34. The molecule has 152 valence electrons. The Morgan fingerprint density at radius 2 is 2.03 bits per heavy atom. The third-order valence-electron chi connectivity index (χ3n) is 4.50. The molecule has 1 aliphatic rings. The summed E-state index contributed by atoms with van der Waals surface area (Å²) in [6.45, 7) is 0. The Balaban J connectivity index is 1.69. The Bertz CT molecular complexity index is 1040. The smallest absolute Gasteiger partial charge is 0.362 e. The molecule has 0 aliphatic carbocycles. The Morgan fingerprint density at radius 3 is 2.66 bits per heavy atom. The fraction of sp³-hybridized carbons (Fsp3) is 0.222. The quantitative estimate of drug-likeness (QED) is 0.441. The lowest BCUT2D eigenvalue weighted by atomic mass is 10.0. The minimum atomic E-state index is -4.51. The first-order valence-corrected chi connectivity index (χ1v) is 10.5. The number of thiophene rings is 1. The molecule has 0 spiro atoms. The van der Waals surface area contributed by atoms with Gasteiger partial charge in [-0.1, -0.05) is 17.7 Å². The van der Waals surface area contributed by atoms with Crippen LogP contribution >= 0.6 is 38.9 Å². The third kappa shape index (κ3) is 4.01. The van der Waals surface area contributed by atoms with Gasteiger partial charge in [0.05, 0.1) is 10.5 Å². The van der Waals surface area contributed by atoms with Gasteiger partial charge < -0.3 is 10.6 Å². The van der Waals surface area contributed by atoms with Crippen molar-refractivity contribution < 1.29 is 18.0 Å². The maximum atomic E-state index is 13.7. The van der Waals surface area contributed by atoms with Crippen LogP contribution in [0, 0.1) is 0 Å². The summed E-state index contributed by atoms with van der Waals surface area (Å²) in [6.07, 6.45) is -4.73. The summed E-state index contributed by atoms with van der Waals surface area (Å²) in [5.41, 5.74) is 0.317. The number of alkyl halides is 3. The first kappa shape index (κ1) is 20.2. The first-order valence-electron chi connectivity index (χ1n) is 8.45. The minimum Gasteiger partial charge on any atom is -0.362 e. The number of hydrogen-bond donors (Lipinski definition) is 2. The van der Waals surface area contributed by atoms with Crippen LogP contribution in [0.5, 0.6) is 0 Å². The molecule has 5 nitrogen and oxygen atoms in total. The number of amides is 1. The van der Waals surface area contributed by atoms with Crippen LogP contribution in [0.3, 0.4) is 0 Å². The lowest BCUT2D eigenvalue weighted by Crippen LogP contribution is -2.35. The molecule has 0 radical (unpaired) electrons. The summed E-state index contributed by atoms with van der Waals surface area (Å²) in [6, 6.07) is 7.56. The predicted octanol–water partition coefficient (Wildman–Crippen LogP) is 6.27. The van der Waals surface area contributed by atoms with E-state index < -0.39 is 24.2 Å². The Hall–Kier alpha value is -2.04. The lowest BCUT2D eigenvalue weighted by Gasteiger charge is -2.33. The molecule has 11 heteroatoms. The van der Waals surface area contributed by atoms with E-state index in [9.17, 15) is 18.0 Å². The first-order chi connectivity index (χ1) is 13.7. The van der Waals surface area contributed by atoms with E-state index in [0.717, 1.165) is 9.56 Å². The largest absolute Gasteiger partial charge is 0.410 e. The average Bonchev–Trinajstić information content (AvgIpc) is 3.31. The maximum absolute atomic E-state index is 13.7. The number of nitrogens with one attached hydrogen (secondary N) is 2. The summed E-state index contributed by atoms with van der Waals surface area (Å²) in [5, 5.41) is 12.0. The van der Waals surface area contributed by atoms with Crippen LogP contribution in [0.1, 0.15) is 33.9 Å². The van der Waals surface area contributed by atoms with Crippen molar-refractivity contribution in [2.24, 2.45) is 0 Å². The molecule has 1 amide bonds. The molecule has 0 bridgehead atoms. The van der Waals surface area contributed by atoms with Crippen molar-refractivity contribution >= 4 is 56.3 Å². The second kappa shape index (κ2) is 7.66. The van der Waals surface area contributed by atoms with Gasteiger partial charge in [0.2, 0.25) is 0 Å². The normalized spacial score (nSPS) is 18.8. The Morgan fingerprint density at radius 1 is 1.31 bits per heavy atom. The highest BCUT2D eigenvalue weighted by Gasteiger charge is 2.48. The predicted molar refractivity (Wildman–Crippen MR) is 110 cm³/mol. The van der Waals surface area contributed by atoms with Crippen LogP contribution < -0.4 is 10.6 Å². The molecule has 1 aliphatic heterocycles. The molecular weight excluding hydrogens is 493 g/mol. The van der Waals surface area contributed by atoms with Crippen molar-refractivity contribution in [2.45, 2.75) is 24.7 Å². The van der Waals surface area contributed by atoms with Gasteiger partial charge in [-0.2, -0.15) is 18.3 Å². The lowest BCUT2D eigenvalue weighted by molar-refractivity contribution is -0.173. The number of anilines is 2. The molecule has 0 unspecified atom stereocenters. The zero-order valence-electron chi connectivity index (χ0n) is 14.5. The minimum absolute atomic E-state index is 0.123. The molecule has 2 aromatic heterocycles. The molecule has 29 heavy (non-hydrogen) atoms. The molecule has 4 rings (SSSR count). The molecule has 0 saturated heterocycles. The van der Waals surface area contributed by atoms with Crippen LogP contribution in [0.2, 0.25) is 5.02 Å². The molecular formula is C18H13BrClF3N4OS. The molecule has 2 atom stereocenters. The van der Waals surface area contributed by atoms with Crippen molar-refractivity contribution in [1.29, 1.82) is 0 Å². The van der Waals surface area contributed by atoms with Gasteiger partial charge in [-0.3, -0.25) is 4.79 Å². The van der Waals surface area contributed by atoms with E-state index in [0.29, 0.717) is 10.7 Å². The standard InChI is InChI=1S/C18H13BrClF3N4OS/c19-14-15(17(28)24-10-5-3-9(20)4-6-10)26-27-13(18(21,22)23)8-11(25-16(14)27)12-2-1-7-29-12/h1-7,11,13,25H,8H2,(H,24,28)/t11-,13+/m1/s1. The topological polar surface area (TPSA) is 59.0 Å². The second-order valence-electron chi connectivity index (χ2n) is 6.42. The molecule has 1 aromatic carbocycles. The molecule has 3 aromatic rings. The summed E-state index contributed by atoms with van der Waals surface area (Å²) in [7, 11) is 0. The monoisotopic (exact) mass is 504 g/mol. The van der Waals surface area contributed by atoms with E-state index in [1.54, 1.807) is 36.4 Å². The van der Waals surface area contributed by atoms with E-state index in [2.05, 4.69) is 31.7 Å². The SMILES string of the molecule is O=C(Nc1ccc(Cl)cc1)c1nn2c(c1Br)N[C@@H](c1cccs1)C[C@H]2C(F)(F)F. The average molecular weight is 506 g/mol. The molecule has 3 heterocycles. The number of fused-ring (bicyclic) bond motifs is 1. The fourth-order valence-corrected chi connectivity index (χ4v) is 4.61. The van der Waals surface area contributed by atoms with E-state index in [1.807, 2.05) is 5.38 Å². The number of benzene rings is 1. The highest BCUT2D eigenvalue weighted by molar-refractivity contribution is 9.10. The van der Waals surface area contributed by atoms with Crippen LogP contribution in [0.4, 0.5) is 24.7 Å². The number of carbonyl (C=O) groups excluding carboxylic acids is 1.